The molecular weight excluding hydrogens is 756 g/mol. The lowest BCUT2D eigenvalue weighted by Gasteiger charge is -2.37. The van der Waals surface area contributed by atoms with Crippen molar-refractivity contribution >= 4 is 18.0 Å². The number of nitrogens with one attached hydrogen (secondary N) is 2. The Hall–Kier alpha value is -6.82. The molecule has 0 unspecified atom stereocenters. The Morgan fingerprint density at radius 1 is 0.552 bits per heavy atom. The maximum absolute atomic E-state index is 14.6. The number of hydrogen-bond donors (Lipinski definition) is 2. The summed E-state index contributed by atoms with van der Waals surface area (Å²) < 4.78 is 81.6. The highest BCUT2D eigenvalue weighted by molar-refractivity contribution is 5.85. The summed E-state index contributed by atoms with van der Waals surface area (Å²) in [4.78, 5) is 41.0. The Morgan fingerprint density at radius 3 is 1.43 bits per heavy atom. The molecule has 12 heteroatoms. The normalized spacial score (nSPS) is 12.0. The van der Waals surface area contributed by atoms with Gasteiger partial charge in [0.2, 0.25) is 40.7 Å². The van der Waals surface area contributed by atoms with Crippen LogP contribution >= 0.6 is 0 Å². The third kappa shape index (κ3) is 8.76. The van der Waals surface area contributed by atoms with Crippen LogP contribution in [0.4, 0.5) is 26.7 Å². The topological polar surface area (TPSA) is 93.7 Å². The van der Waals surface area contributed by atoms with Gasteiger partial charge in [0.25, 0.3) is 0 Å². The van der Waals surface area contributed by atoms with Gasteiger partial charge in [0.1, 0.15) is 17.2 Å². The zero-order chi connectivity index (χ0) is 41.5. The van der Waals surface area contributed by atoms with E-state index in [4.69, 9.17) is 9.47 Å². The van der Waals surface area contributed by atoms with Crippen molar-refractivity contribution in [2.24, 2.45) is 0 Å². The van der Waals surface area contributed by atoms with Crippen molar-refractivity contribution in [2.45, 2.75) is 43.9 Å². The summed E-state index contributed by atoms with van der Waals surface area (Å²) in [6.45, 7) is 3.16. The van der Waals surface area contributed by atoms with Crippen LogP contribution in [0.15, 0.2) is 146 Å². The highest BCUT2D eigenvalue weighted by atomic mass is 19.2. The molecule has 0 aromatic heterocycles. The minimum absolute atomic E-state index is 0.504. The summed E-state index contributed by atoms with van der Waals surface area (Å²) in [5, 5.41) is 5.37. The monoisotopic (exact) mass is 792 g/mol. The lowest BCUT2D eigenvalue weighted by molar-refractivity contribution is -0.137. The third-order valence-electron chi connectivity index (χ3n) is 9.59. The molecule has 0 fully saturated rings. The van der Waals surface area contributed by atoms with E-state index in [1.165, 1.54) is 0 Å². The van der Waals surface area contributed by atoms with E-state index in [-0.39, 0.29) is 0 Å². The van der Waals surface area contributed by atoms with Crippen LogP contribution in [0.5, 0.6) is 5.75 Å². The molecule has 2 N–H and O–H groups in total. The summed E-state index contributed by atoms with van der Waals surface area (Å²) in [7, 11) is 0. The molecule has 0 saturated carbocycles. The van der Waals surface area contributed by atoms with Gasteiger partial charge < -0.3 is 20.1 Å². The molecule has 0 saturated heterocycles. The molecule has 6 aromatic rings. The van der Waals surface area contributed by atoms with Crippen LogP contribution < -0.4 is 15.4 Å². The van der Waals surface area contributed by atoms with Gasteiger partial charge in [-0.05, 0) is 53.6 Å². The first-order chi connectivity index (χ1) is 27.8. The highest BCUT2D eigenvalue weighted by Crippen LogP contribution is 2.37. The molecule has 296 valence electrons. The second-order valence-corrected chi connectivity index (χ2v) is 13.8. The molecule has 0 spiro atoms. The molecule has 0 bridgehead atoms. The summed E-state index contributed by atoms with van der Waals surface area (Å²) >= 11 is 0. The Balaban J connectivity index is 1.28. The molecule has 58 heavy (non-hydrogen) atoms. The highest BCUT2D eigenvalue weighted by Gasteiger charge is 2.39. The molecule has 0 heterocycles. The van der Waals surface area contributed by atoms with Crippen LogP contribution in [0.1, 0.15) is 48.9 Å². The van der Waals surface area contributed by atoms with E-state index < -0.39 is 82.8 Å². The van der Waals surface area contributed by atoms with Gasteiger partial charge in [0, 0.05) is 6.42 Å². The van der Waals surface area contributed by atoms with Crippen molar-refractivity contribution in [2.75, 3.05) is 0 Å². The molecule has 0 aliphatic rings. The summed E-state index contributed by atoms with van der Waals surface area (Å²) in [6.07, 6.45) is -2.27. The number of carbonyl (C=O) groups excluding carboxylic acids is 3. The van der Waals surface area contributed by atoms with Crippen LogP contribution in [0.25, 0.3) is 11.1 Å². The van der Waals surface area contributed by atoms with Crippen molar-refractivity contribution in [1.82, 2.24) is 10.6 Å². The second-order valence-electron chi connectivity index (χ2n) is 13.8. The van der Waals surface area contributed by atoms with E-state index >= 15 is 0 Å². The lowest BCUT2D eigenvalue weighted by atomic mass is 9.77. The van der Waals surface area contributed by atoms with Gasteiger partial charge in [-0.3, -0.25) is 4.79 Å². The molecule has 6 aromatic carbocycles. The third-order valence-corrected chi connectivity index (χ3v) is 9.59. The van der Waals surface area contributed by atoms with E-state index in [0.717, 1.165) is 11.1 Å². The predicted molar refractivity (Wildman–Crippen MR) is 207 cm³/mol. The number of hydrogen-bond acceptors (Lipinski definition) is 5. The number of benzene rings is 6. The number of esters is 1. The van der Waals surface area contributed by atoms with Gasteiger partial charge in [0.05, 0.1) is 0 Å². The zero-order valence-corrected chi connectivity index (χ0v) is 31.3. The van der Waals surface area contributed by atoms with E-state index in [2.05, 4.69) is 10.6 Å². The predicted octanol–water partition coefficient (Wildman–Crippen LogP) is 9.87. The summed E-state index contributed by atoms with van der Waals surface area (Å²) in [5.41, 5.74) is 1.89. The molecule has 2 amide bonds. The fourth-order valence-electron chi connectivity index (χ4n) is 6.58. The maximum atomic E-state index is 14.6. The summed E-state index contributed by atoms with van der Waals surface area (Å²) in [5.74, 6) is -16.1. The molecule has 0 radical (unpaired) electrons. The van der Waals surface area contributed by atoms with Crippen LogP contribution in [0.3, 0.4) is 0 Å². The van der Waals surface area contributed by atoms with Gasteiger partial charge in [0.15, 0.2) is 0 Å². The summed E-state index contributed by atoms with van der Waals surface area (Å²) in [6, 6.07) is 42.1. The second kappa shape index (κ2) is 17.5. The van der Waals surface area contributed by atoms with E-state index in [9.17, 15) is 36.3 Å². The first-order valence-electron chi connectivity index (χ1n) is 18.2. The van der Waals surface area contributed by atoms with Gasteiger partial charge in [-0.15, -0.1) is 0 Å². The number of halogens is 5. The molecule has 0 aliphatic heterocycles. The number of alkyl carbamates (subject to hydrolysis) is 1. The van der Waals surface area contributed by atoms with Crippen molar-refractivity contribution in [1.29, 1.82) is 0 Å². The molecule has 6 rings (SSSR count). The number of rotatable bonds is 13. The van der Waals surface area contributed by atoms with Crippen molar-refractivity contribution in [3.63, 3.8) is 0 Å². The van der Waals surface area contributed by atoms with Gasteiger partial charge >= 0.3 is 12.1 Å². The fourth-order valence-corrected chi connectivity index (χ4v) is 6.58. The van der Waals surface area contributed by atoms with E-state index in [1.807, 2.05) is 133 Å². The van der Waals surface area contributed by atoms with Crippen molar-refractivity contribution in [3.05, 3.63) is 197 Å². The van der Waals surface area contributed by atoms with E-state index in [1.54, 1.807) is 26.0 Å². The van der Waals surface area contributed by atoms with Crippen LogP contribution in [-0.4, -0.2) is 24.0 Å². The molecular formula is C46H37F5N2O5. The van der Waals surface area contributed by atoms with Crippen LogP contribution in [0, 0.1) is 29.1 Å². The van der Waals surface area contributed by atoms with Gasteiger partial charge in [-0.25, -0.2) is 22.8 Å². The molecule has 7 nitrogen and oxygen atoms in total. The SMILES string of the molecule is CC(C)(OC(=O)N[C@@H](CCC(=O)NC(c1ccccc1)(c1ccccc1)c1ccccc1)C(=O)Oc1c(F)c(F)c(F)c(F)c1F)c1ccc(-c2ccccc2)cc1. The Kier molecular flexibility index (Phi) is 12.3. The average molecular weight is 793 g/mol. The number of amides is 2. The van der Waals surface area contributed by atoms with Gasteiger partial charge in [-0.1, -0.05) is 146 Å². The van der Waals surface area contributed by atoms with Gasteiger partial charge in [-0.2, -0.15) is 8.78 Å². The smallest absolute Gasteiger partial charge is 0.408 e. The number of carbonyl (C=O) groups is 3. The first kappa shape index (κ1) is 40.8. The molecule has 1 atom stereocenters. The quantitative estimate of drug-likeness (QED) is 0.0304. The Morgan fingerprint density at radius 2 is 0.966 bits per heavy atom. The molecule has 0 aliphatic carbocycles. The van der Waals surface area contributed by atoms with Crippen molar-refractivity contribution < 1.29 is 45.8 Å². The van der Waals surface area contributed by atoms with Crippen LogP contribution in [-0.2, 0) is 25.5 Å². The minimum atomic E-state index is -2.46. The minimum Gasteiger partial charge on any atom is -0.439 e. The maximum Gasteiger partial charge on any atom is 0.408 e. The van der Waals surface area contributed by atoms with Crippen molar-refractivity contribution in [3.8, 4) is 16.9 Å². The largest absolute Gasteiger partial charge is 0.439 e. The fraction of sp³-hybridized carbons (Fsp3) is 0.152. The van der Waals surface area contributed by atoms with Crippen LogP contribution in [0.2, 0.25) is 0 Å². The number of ether oxygens (including phenoxy) is 2. The Labute approximate surface area is 331 Å². The lowest BCUT2D eigenvalue weighted by Crippen LogP contribution is -2.49. The zero-order valence-electron chi connectivity index (χ0n) is 31.3. The Bertz CT molecular complexity index is 2260. The standard InChI is InChI=1S/C46H37F5N2O5/c1-45(2,31-25-23-30(24-26-31)29-15-7-3-8-16-29)58-44(56)52-35(43(55)57-42-40(50)38(48)37(47)39(49)41(42)51)27-28-36(54)53-46(32-17-9-4-10-18-32,33-19-11-5-12-20-33)34-21-13-6-14-22-34/h3-26,35H,27-28H2,1-2H3,(H,52,56)(H,53,54)/t35-/m0/s1. The van der Waals surface area contributed by atoms with E-state index in [0.29, 0.717) is 22.3 Å². The first-order valence-corrected chi connectivity index (χ1v) is 18.2. The average Bonchev–Trinajstić information content (AvgIpc) is 3.25.